The normalized spacial score (nSPS) is 17.6. The third-order valence-corrected chi connectivity index (χ3v) is 5.50. The first-order chi connectivity index (χ1) is 15.8. The van der Waals surface area contributed by atoms with Crippen LogP contribution in [0.2, 0.25) is 0 Å². The Labute approximate surface area is 191 Å². The lowest BCUT2D eigenvalue weighted by molar-refractivity contribution is 0.0521. The molecule has 0 radical (unpaired) electrons. The predicted octanol–water partition coefficient (Wildman–Crippen LogP) is 3.62. The molecule has 0 saturated carbocycles. The molecule has 0 amide bonds. The summed E-state index contributed by atoms with van der Waals surface area (Å²) in [5.74, 6) is -1.70. The second-order valence-corrected chi connectivity index (χ2v) is 8.32. The highest BCUT2D eigenvalue weighted by molar-refractivity contribution is 6.14. The Hall–Kier alpha value is -3.59. The number of nitrogens with one attached hydrogen (secondary N) is 2. The number of ketones is 1. The number of rotatable bonds is 6. The molecule has 1 aromatic heterocycles. The smallest absolute Gasteiger partial charge is 0.339 e. The van der Waals surface area contributed by atoms with Crippen LogP contribution in [0.25, 0.3) is 0 Å². The number of Topliss-reactive ketones (excluding diaryl/α,β-unsaturated/α-hetero) is 1. The van der Waals surface area contributed by atoms with Crippen molar-refractivity contribution >= 4 is 17.4 Å². The van der Waals surface area contributed by atoms with Gasteiger partial charge in [-0.3, -0.25) is 9.89 Å². The molecule has 0 spiro atoms. The second-order valence-electron chi connectivity index (χ2n) is 8.32. The van der Waals surface area contributed by atoms with E-state index in [4.69, 9.17) is 4.74 Å². The summed E-state index contributed by atoms with van der Waals surface area (Å²) in [4.78, 5) is 32.8. The first-order valence-corrected chi connectivity index (χ1v) is 10.7. The number of fused-ring (bicyclic) bond motifs is 1. The van der Waals surface area contributed by atoms with E-state index < -0.39 is 23.7 Å². The fourth-order valence-corrected chi connectivity index (χ4v) is 4.15. The van der Waals surface area contributed by atoms with Crippen molar-refractivity contribution in [2.75, 3.05) is 26.0 Å². The van der Waals surface area contributed by atoms with Crippen molar-refractivity contribution in [2.24, 2.45) is 0 Å². The maximum absolute atomic E-state index is 14.4. The summed E-state index contributed by atoms with van der Waals surface area (Å²) >= 11 is 0. The number of anilines is 1. The van der Waals surface area contributed by atoms with Crippen LogP contribution in [0.15, 0.2) is 36.4 Å². The molecule has 2 aromatic carbocycles. The van der Waals surface area contributed by atoms with Crippen molar-refractivity contribution in [1.82, 2.24) is 20.1 Å². The zero-order chi connectivity index (χ0) is 23.7. The number of ether oxygens (including phenoxy) is 1. The number of aromatic nitrogens is 3. The van der Waals surface area contributed by atoms with Gasteiger partial charge in [-0.15, -0.1) is 0 Å². The molecule has 2 heterocycles. The van der Waals surface area contributed by atoms with Crippen molar-refractivity contribution in [1.29, 1.82) is 0 Å². The van der Waals surface area contributed by atoms with E-state index in [1.165, 1.54) is 6.07 Å². The Balaban J connectivity index is 1.83. The summed E-state index contributed by atoms with van der Waals surface area (Å²) in [6.45, 7) is 4.28. The monoisotopic (exact) mass is 451 g/mol. The second kappa shape index (κ2) is 9.11. The Morgan fingerprint density at radius 1 is 1.21 bits per heavy atom. The molecule has 2 unspecified atom stereocenters. The van der Waals surface area contributed by atoms with Crippen molar-refractivity contribution in [3.05, 3.63) is 76.1 Å². The Kier molecular flexibility index (Phi) is 6.24. The SMILES string of the molecule is CCOC(=O)c1cc(F)cc2c1C(=O)C(c1n[nH]c(C)n1)C(c1ccc(CN(C)C)cc1)N2. The number of nitrogens with zero attached hydrogens (tertiary/aromatic N) is 3. The lowest BCUT2D eigenvalue weighted by atomic mass is 9.80. The van der Waals surface area contributed by atoms with E-state index in [9.17, 15) is 14.0 Å². The topological polar surface area (TPSA) is 100 Å². The maximum Gasteiger partial charge on any atom is 0.339 e. The van der Waals surface area contributed by atoms with Crippen molar-refractivity contribution in [3.63, 3.8) is 0 Å². The molecular formula is C24H26FN5O3. The zero-order valence-corrected chi connectivity index (χ0v) is 19.0. The molecule has 0 fully saturated rings. The third-order valence-electron chi connectivity index (χ3n) is 5.50. The van der Waals surface area contributed by atoms with Gasteiger partial charge in [0.25, 0.3) is 0 Å². The molecule has 172 valence electrons. The van der Waals surface area contributed by atoms with Crippen molar-refractivity contribution < 1.29 is 18.7 Å². The average molecular weight is 452 g/mol. The fourth-order valence-electron chi connectivity index (χ4n) is 4.15. The quantitative estimate of drug-likeness (QED) is 0.552. The van der Waals surface area contributed by atoms with Gasteiger partial charge in [-0.2, -0.15) is 5.10 Å². The van der Waals surface area contributed by atoms with Gasteiger partial charge in [-0.05, 0) is 51.2 Å². The Bertz CT molecular complexity index is 1190. The molecule has 3 aromatic rings. The van der Waals surface area contributed by atoms with Crippen LogP contribution in [0.3, 0.4) is 0 Å². The van der Waals surface area contributed by atoms with E-state index in [2.05, 4.69) is 25.4 Å². The summed E-state index contributed by atoms with van der Waals surface area (Å²) in [6.07, 6.45) is 0. The molecular weight excluding hydrogens is 425 g/mol. The number of esters is 1. The Morgan fingerprint density at radius 2 is 1.94 bits per heavy atom. The van der Waals surface area contributed by atoms with Gasteiger partial charge in [0.05, 0.1) is 23.8 Å². The molecule has 2 atom stereocenters. The minimum atomic E-state index is -0.819. The van der Waals surface area contributed by atoms with Gasteiger partial charge >= 0.3 is 5.97 Å². The van der Waals surface area contributed by atoms with Crippen molar-refractivity contribution in [2.45, 2.75) is 32.4 Å². The van der Waals surface area contributed by atoms with Crippen LogP contribution < -0.4 is 5.32 Å². The van der Waals surface area contributed by atoms with Gasteiger partial charge in [0.1, 0.15) is 17.6 Å². The molecule has 9 heteroatoms. The van der Waals surface area contributed by atoms with E-state index in [1.807, 2.05) is 38.4 Å². The number of carbonyl (C=O) groups excluding carboxylic acids is 2. The largest absolute Gasteiger partial charge is 0.462 e. The summed E-state index contributed by atoms with van der Waals surface area (Å²) in [7, 11) is 3.98. The molecule has 4 rings (SSSR count). The van der Waals surface area contributed by atoms with Gasteiger partial charge in [-0.25, -0.2) is 14.2 Å². The van der Waals surface area contributed by atoms with Crippen LogP contribution in [0, 0.1) is 12.7 Å². The molecule has 0 saturated heterocycles. The lowest BCUT2D eigenvalue weighted by Crippen LogP contribution is -2.34. The summed E-state index contributed by atoms with van der Waals surface area (Å²) in [5.41, 5.74) is 2.16. The maximum atomic E-state index is 14.4. The summed E-state index contributed by atoms with van der Waals surface area (Å²) in [5, 5.41) is 10.3. The van der Waals surface area contributed by atoms with Gasteiger partial charge in [0.2, 0.25) is 0 Å². The van der Waals surface area contributed by atoms with E-state index in [1.54, 1.807) is 13.8 Å². The first kappa shape index (κ1) is 22.6. The van der Waals surface area contributed by atoms with E-state index in [-0.39, 0.29) is 29.2 Å². The highest BCUT2D eigenvalue weighted by atomic mass is 19.1. The molecule has 8 nitrogen and oxygen atoms in total. The number of aromatic amines is 1. The molecule has 0 bridgehead atoms. The van der Waals surface area contributed by atoms with Crippen LogP contribution in [0.5, 0.6) is 0 Å². The van der Waals surface area contributed by atoms with Crippen LogP contribution in [0.1, 0.15) is 62.4 Å². The van der Waals surface area contributed by atoms with Gasteiger partial charge in [0.15, 0.2) is 11.6 Å². The zero-order valence-electron chi connectivity index (χ0n) is 19.0. The first-order valence-electron chi connectivity index (χ1n) is 10.7. The number of carbonyl (C=O) groups is 2. The number of halogens is 1. The number of H-pyrrole nitrogens is 1. The summed E-state index contributed by atoms with van der Waals surface area (Å²) in [6, 6.07) is 9.57. The van der Waals surface area contributed by atoms with Crippen molar-refractivity contribution in [3.8, 4) is 0 Å². The van der Waals surface area contributed by atoms with Crippen LogP contribution in [0.4, 0.5) is 10.1 Å². The van der Waals surface area contributed by atoms with Gasteiger partial charge in [-0.1, -0.05) is 24.3 Å². The van der Waals surface area contributed by atoms with E-state index >= 15 is 0 Å². The van der Waals surface area contributed by atoms with Crippen LogP contribution in [-0.2, 0) is 11.3 Å². The average Bonchev–Trinajstić information content (AvgIpc) is 3.18. The minimum absolute atomic E-state index is 0.0859. The fraction of sp³-hybridized carbons (Fsp3) is 0.333. The molecule has 1 aliphatic heterocycles. The van der Waals surface area contributed by atoms with Gasteiger partial charge < -0.3 is 15.0 Å². The van der Waals surface area contributed by atoms with E-state index in [0.717, 1.165) is 23.7 Å². The van der Waals surface area contributed by atoms with Gasteiger partial charge in [0, 0.05) is 12.2 Å². The third kappa shape index (κ3) is 4.49. The summed E-state index contributed by atoms with van der Waals surface area (Å²) < 4.78 is 19.5. The van der Waals surface area contributed by atoms with Crippen LogP contribution >= 0.6 is 0 Å². The lowest BCUT2D eigenvalue weighted by Gasteiger charge is -2.33. The molecule has 0 aliphatic carbocycles. The Morgan fingerprint density at radius 3 is 2.55 bits per heavy atom. The minimum Gasteiger partial charge on any atom is -0.462 e. The molecule has 1 aliphatic rings. The number of benzene rings is 2. The number of aryl methyl sites for hydroxylation is 1. The number of hydrogen-bond donors (Lipinski definition) is 2. The molecule has 33 heavy (non-hydrogen) atoms. The standard InChI is InChI=1S/C24H26FN5O3/c1-5-33-24(32)17-10-16(25)11-18-19(17)22(31)20(23-26-13(2)28-29-23)21(27-18)15-8-6-14(7-9-15)12-30(3)4/h6-11,20-21,27H,5,12H2,1-4H3,(H,26,28,29). The predicted molar refractivity (Wildman–Crippen MR) is 121 cm³/mol. The van der Waals surface area contributed by atoms with Crippen LogP contribution in [-0.4, -0.2) is 52.5 Å². The van der Waals surface area contributed by atoms with E-state index in [0.29, 0.717) is 11.6 Å². The number of hydrogen-bond acceptors (Lipinski definition) is 7. The highest BCUT2D eigenvalue weighted by Crippen LogP contribution is 2.43. The molecule has 2 N–H and O–H groups in total. The highest BCUT2D eigenvalue weighted by Gasteiger charge is 2.42.